The molecule has 0 saturated heterocycles. The summed E-state index contributed by atoms with van der Waals surface area (Å²) >= 11 is 0. The fourth-order valence-corrected chi connectivity index (χ4v) is 1.12. The predicted octanol–water partition coefficient (Wildman–Crippen LogP) is -0.465. The van der Waals surface area contributed by atoms with E-state index in [1.807, 2.05) is 0 Å². The van der Waals surface area contributed by atoms with Crippen molar-refractivity contribution in [1.82, 2.24) is 0 Å². The van der Waals surface area contributed by atoms with Gasteiger partial charge < -0.3 is 26.6 Å². The molecule has 1 unspecified atom stereocenters. The molecule has 1 amide bonds. The largest absolute Gasteiger partial charge is 0.497 e. The summed E-state index contributed by atoms with van der Waals surface area (Å²) in [5.74, 6) is -0.153. The zero-order chi connectivity index (χ0) is 12.1. The molecule has 0 aromatic heterocycles. The highest BCUT2D eigenvalue weighted by atomic mass is 16.5. The highest BCUT2D eigenvalue weighted by molar-refractivity contribution is 5.79. The van der Waals surface area contributed by atoms with Gasteiger partial charge in [-0.25, -0.2) is 0 Å². The van der Waals surface area contributed by atoms with Crippen LogP contribution in [-0.2, 0) is 4.79 Å². The molecule has 6 N–H and O–H groups in total. The van der Waals surface area contributed by atoms with Crippen molar-refractivity contribution in [2.24, 2.45) is 5.73 Å². The number of amides is 1. The summed E-state index contributed by atoms with van der Waals surface area (Å²) in [7, 11) is 1.54. The van der Waals surface area contributed by atoms with Gasteiger partial charge in [0, 0.05) is 12.6 Å². The van der Waals surface area contributed by atoms with Crippen molar-refractivity contribution in [3.05, 3.63) is 18.2 Å². The first-order chi connectivity index (χ1) is 7.54. The molecule has 6 nitrogen and oxygen atoms in total. The zero-order valence-corrected chi connectivity index (χ0v) is 8.93. The van der Waals surface area contributed by atoms with Gasteiger partial charge in [0.15, 0.2) is 0 Å². The van der Waals surface area contributed by atoms with E-state index in [1.54, 1.807) is 18.2 Å². The number of hydrogen-bond acceptors (Lipinski definition) is 5. The third kappa shape index (κ3) is 3.03. The number of methoxy groups -OCH3 is 1. The van der Waals surface area contributed by atoms with Crippen molar-refractivity contribution in [3.63, 3.8) is 0 Å². The molecular weight excluding hydrogens is 210 g/mol. The number of anilines is 2. The van der Waals surface area contributed by atoms with E-state index in [4.69, 9.17) is 16.2 Å². The number of primary amides is 1. The number of nitrogens with two attached hydrogens (primary N) is 2. The van der Waals surface area contributed by atoms with Crippen LogP contribution in [0.4, 0.5) is 11.4 Å². The van der Waals surface area contributed by atoms with Crippen LogP contribution in [0.3, 0.4) is 0 Å². The van der Waals surface area contributed by atoms with Crippen LogP contribution in [0, 0.1) is 0 Å². The number of carbonyl (C=O) groups is 1. The van der Waals surface area contributed by atoms with Crippen LogP contribution < -0.4 is 21.5 Å². The standard InChI is InChI=1S/C10H15N3O3/c1-16-6-2-3-7(11)8(4-6)13-5-9(14)10(12)15/h2-4,9,13-14H,5,11H2,1H3,(H2,12,15). The lowest BCUT2D eigenvalue weighted by Crippen LogP contribution is -2.34. The van der Waals surface area contributed by atoms with Crippen LogP contribution in [0.25, 0.3) is 0 Å². The Labute approximate surface area is 93.2 Å². The van der Waals surface area contributed by atoms with E-state index in [0.29, 0.717) is 17.1 Å². The second-order valence-corrected chi connectivity index (χ2v) is 3.25. The van der Waals surface area contributed by atoms with Crippen molar-refractivity contribution in [1.29, 1.82) is 0 Å². The van der Waals surface area contributed by atoms with E-state index in [9.17, 15) is 9.90 Å². The van der Waals surface area contributed by atoms with Gasteiger partial charge in [-0.05, 0) is 12.1 Å². The minimum Gasteiger partial charge on any atom is -0.497 e. The number of aliphatic hydroxyl groups excluding tert-OH is 1. The van der Waals surface area contributed by atoms with Crippen molar-refractivity contribution in [3.8, 4) is 5.75 Å². The smallest absolute Gasteiger partial charge is 0.248 e. The van der Waals surface area contributed by atoms with Crippen molar-refractivity contribution < 1.29 is 14.6 Å². The maximum atomic E-state index is 10.6. The lowest BCUT2D eigenvalue weighted by molar-refractivity contribution is -0.125. The Balaban J connectivity index is 2.69. The van der Waals surface area contributed by atoms with Gasteiger partial charge in [0.05, 0.1) is 18.5 Å². The third-order valence-corrected chi connectivity index (χ3v) is 2.07. The van der Waals surface area contributed by atoms with Gasteiger partial charge in [-0.3, -0.25) is 4.79 Å². The summed E-state index contributed by atoms with van der Waals surface area (Å²) in [6.45, 7) is 0.00665. The minimum absolute atomic E-state index is 0.00665. The summed E-state index contributed by atoms with van der Waals surface area (Å²) < 4.78 is 5.01. The van der Waals surface area contributed by atoms with Crippen LogP contribution >= 0.6 is 0 Å². The molecule has 0 spiro atoms. The van der Waals surface area contributed by atoms with Gasteiger partial charge in [-0.1, -0.05) is 0 Å². The number of carbonyl (C=O) groups excluding carboxylic acids is 1. The molecule has 1 aromatic carbocycles. The van der Waals surface area contributed by atoms with E-state index in [-0.39, 0.29) is 6.54 Å². The molecule has 0 radical (unpaired) electrons. The Bertz CT molecular complexity index is 382. The first-order valence-electron chi connectivity index (χ1n) is 4.69. The number of ether oxygens (including phenoxy) is 1. The van der Waals surface area contributed by atoms with E-state index in [0.717, 1.165) is 0 Å². The summed E-state index contributed by atoms with van der Waals surface area (Å²) in [6, 6.07) is 5.05. The van der Waals surface area contributed by atoms with Crippen molar-refractivity contribution in [2.45, 2.75) is 6.10 Å². The van der Waals surface area contributed by atoms with Gasteiger partial charge in [0.1, 0.15) is 11.9 Å². The minimum atomic E-state index is -1.24. The summed E-state index contributed by atoms with van der Waals surface area (Å²) in [4.78, 5) is 10.6. The maximum absolute atomic E-state index is 10.6. The monoisotopic (exact) mass is 225 g/mol. The normalized spacial score (nSPS) is 11.9. The summed E-state index contributed by atoms with van der Waals surface area (Å²) in [5.41, 5.74) is 11.7. The molecule has 0 aliphatic heterocycles. The molecular formula is C10H15N3O3. The molecule has 0 bridgehead atoms. The number of hydrogen-bond donors (Lipinski definition) is 4. The fraction of sp³-hybridized carbons (Fsp3) is 0.300. The second kappa shape index (κ2) is 5.22. The molecule has 1 aromatic rings. The quantitative estimate of drug-likeness (QED) is 0.506. The summed E-state index contributed by atoms with van der Waals surface area (Å²) in [5, 5.41) is 12.0. The Hall–Kier alpha value is -1.95. The molecule has 0 aliphatic carbocycles. The number of nitrogens with one attached hydrogen (secondary N) is 1. The SMILES string of the molecule is COc1ccc(N)c(NCC(O)C(N)=O)c1. The molecule has 88 valence electrons. The lowest BCUT2D eigenvalue weighted by Gasteiger charge is -2.12. The first-order valence-corrected chi connectivity index (χ1v) is 4.69. The Morgan fingerprint density at radius 2 is 2.31 bits per heavy atom. The van der Waals surface area contributed by atoms with Crippen LogP contribution in [-0.4, -0.2) is 30.8 Å². The Kier molecular flexibility index (Phi) is 3.96. The fourth-order valence-electron chi connectivity index (χ4n) is 1.12. The topological polar surface area (TPSA) is 111 Å². The Morgan fingerprint density at radius 3 is 2.88 bits per heavy atom. The average molecular weight is 225 g/mol. The highest BCUT2D eigenvalue weighted by Crippen LogP contribution is 2.24. The third-order valence-electron chi connectivity index (χ3n) is 2.07. The van der Waals surface area contributed by atoms with Gasteiger partial charge in [-0.2, -0.15) is 0 Å². The van der Waals surface area contributed by atoms with E-state index >= 15 is 0 Å². The second-order valence-electron chi connectivity index (χ2n) is 3.25. The van der Waals surface area contributed by atoms with Crippen LogP contribution in [0.5, 0.6) is 5.75 Å². The van der Waals surface area contributed by atoms with Gasteiger partial charge in [0.2, 0.25) is 5.91 Å². The molecule has 1 rings (SSSR count). The first kappa shape index (κ1) is 12.1. The van der Waals surface area contributed by atoms with Gasteiger partial charge >= 0.3 is 0 Å². The van der Waals surface area contributed by atoms with Crippen LogP contribution in [0.1, 0.15) is 0 Å². The average Bonchev–Trinajstić information content (AvgIpc) is 2.27. The summed E-state index contributed by atoms with van der Waals surface area (Å²) in [6.07, 6.45) is -1.24. The molecule has 0 fully saturated rings. The van der Waals surface area contributed by atoms with E-state index < -0.39 is 12.0 Å². The predicted molar refractivity (Wildman–Crippen MR) is 61.1 cm³/mol. The molecule has 6 heteroatoms. The molecule has 16 heavy (non-hydrogen) atoms. The number of rotatable bonds is 5. The van der Waals surface area contributed by atoms with E-state index in [2.05, 4.69) is 5.32 Å². The van der Waals surface area contributed by atoms with Gasteiger partial charge in [-0.15, -0.1) is 0 Å². The number of aliphatic hydroxyl groups is 1. The van der Waals surface area contributed by atoms with Crippen molar-refractivity contribution >= 4 is 17.3 Å². The van der Waals surface area contributed by atoms with E-state index in [1.165, 1.54) is 7.11 Å². The zero-order valence-electron chi connectivity index (χ0n) is 8.93. The molecule has 0 saturated carbocycles. The molecule has 0 heterocycles. The van der Waals surface area contributed by atoms with Crippen molar-refractivity contribution in [2.75, 3.05) is 24.7 Å². The molecule has 1 atom stereocenters. The van der Waals surface area contributed by atoms with Gasteiger partial charge in [0.25, 0.3) is 0 Å². The highest BCUT2D eigenvalue weighted by Gasteiger charge is 2.11. The van der Waals surface area contributed by atoms with Crippen LogP contribution in [0.15, 0.2) is 18.2 Å². The van der Waals surface area contributed by atoms with Crippen LogP contribution in [0.2, 0.25) is 0 Å². The number of nitrogen functional groups attached to an aromatic ring is 1. The molecule has 0 aliphatic rings. The maximum Gasteiger partial charge on any atom is 0.248 e. The Morgan fingerprint density at radius 1 is 1.62 bits per heavy atom. The lowest BCUT2D eigenvalue weighted by atomic mass is 10.2. The number of benzene rings is 1.